The standard InChI is InChI=1S/C29H36N2O2S/c1-3-5-7-8-9-11-23-12-14-25(15-13-23)28(32)33-26-18-16-24(17-19-26)27-20-21-30-29(31-27)34-22-10-6-4-2/h12-21H,3-11,22H2,1-2H3. The first-order chi connectivity index (χ1) is 16.7. The number of esters is 1. The molecule has 0 saturated carbocycles. The number of carbonyl (C=O) groups excluding carboxylic acids is 1. The number of rotatable bonds is 14. The smallest absolute Gasteiger partial charge is 0.343 e. The lowest BCUT2D eigenvalue weighted by Crippen LogP contribution is -2.08. The quantitative estimate of drug-likeness (QED) is 0.0772. The molecule has 0 unspecified atom stereocenters. The van der Waals surface area contributed by atoms with Gasteiger partial charge in [-0.2, -0.15) is 0 Å². The highest BCUT2D eigenvalue weighted by Gasteiger charge is 2.10. The van der Waals surface area contributed by atoms with Crippen molar-refractivity contribution in [1.82, 2.24) is 9.97 Å². The van der Waals surface area contributed by atoms with Crippen LogP contribution in [0.5, 0.6) is 5.75 Å². The van der Waals surface area contributed by atoms with Crippen LogP contribution < -0.4 is 4.74 Å². The Bertz CT molecular complexity index is 1000. The average molecular weight is 477 g/mol. The topological polar surface area (TPSA) is 52.1 Å². The van der Waals surface area contributed by atoms with Crippen LogP contribution in [0.4, 0.5) is 0 Å². The number of thioether (sulfide) groups is 1. The van der Waals surface area contributed by atoms with Crippen LogP contribution in [-0.2, 0) is 6.42 Å². The van der Waals surface area contributed by atoms with Gasteiger partial charge >= 0.3 is 5.97 Å². The Balaban J connectivity index is 1.52. The van der Waals surface area contributed by atoms with Crippen molar-refractivity contribution in [3.63, 3.8) is 0 Å². The highest BCUT2D eigenvalue weighted by Crippen LogP contribution is 2.24. The largest absolute Gasteiger partial charge is 0.423 e. The Morgan fingerprint density at radius 1 is 0.824 bits per heavy atom. The lowest BCUT2D eigenvalue weighted by molar-refractivity contribution is 0.0735. The van der Waals surface area contributed by atoms with Gasteiger partial charge in [0.25, 0.3) is 0 Å². The minimum absolute atomic E-state index is 0.338. The molecule has 2 aromatic carbocycles. The zero-order chi connectivity index (χ0) is 24.0. The van der Waals surface area contributed by atoms with Crippen LogP contribution >= 0.6 is 11.8 Å². The molecule has 0 aliphatic rings. The maximum Gasteiger partial charge on any atom is 0.343 e. The minimum Gasteiger partial charge on any atom is -0.423 e. The molecular formula is C29H36N2O2S. The molecule has 1 aromatic heterocycles. The third-order valence-corrected chi connectivity index (χ3v) is 6.68. The van der Waals surface area contributed by atoms with Gasteiger partial charge < -0.3 is 4.74 Å². The summed E-state index contributed by atoms with van der Waals surface area (Å²) in [6.45, 7) is 4.44. The second-order valence-corrected chi connectivity index (χ2v) is 9.62. The lowest BCUT2D eigenvalue weighted by Gasteiger charge is -2.07. The van der Waals surface area contributed by atoms with Gasteiger partial charge in [0, 0.05) is 17.5 Å². The predicted molar refractivity (Wildman–Crippen MR) is 142 cm³/mol. The third kappa shape index (κ3) is 8.60. The molecule has 0 saturated heterocycles. The Morgan fingerprint density at radius 2 is 1.53 bits per heavy atom. The second kappa shape index (κ2) is 14.6. The van der Waals surface area contributed by atoms with E-state index in [0.29, 0.717) is 11.3 Å². The first-order valence-electron chi connectivity index (χ1n) is 12.6. The number of carbonyl (C=O) groups is 1. The van der Waals surface area contributed by atoms with Crippen molar-refractivity contribution in [3.05, 3.63) is 71.9 Å². The molecule has 180 valence electrons. The predicted octanol–water partition coefficient (Wildman–Crippen LogP) is 8.16. The highest BCUT2D eigenvalue weighted by molar-refractivity contribution is 7.99. The van der Waals surface area contributed by atoms with Crippen LogP contribution in [0.1, 0.15) is 81.1 Å². The third-order valence-electron chi connectivity index (χ3n) is 5.73. The molecule has 34 heavy (non-hydrogen) atoms. The van der Waals surface area contributed by atoms with E-state index in [1.165, 1.54) is 56.9 Å². The van der Waals surface area contributed by atoms with Crippen molar-refractivity contribution in [2.45, 2.75) is 76.8 Å². The summed E-state index contributed by atoms with van der Waals surface area (Å²) in [6, 6.07) is 17.2. The normalized spacial score (nSPS) is 10.9. The highest BCUT2D eigenvalue weighted by atomic mass is 32.2. The van der Waals surface area contributed by atoms with Gasteiger partial charge in [-0.3, -0.25) is 0 Å². The summed E-state index contributed by atoms with van der Waals surface area (Å²) in [7, 11) is 0. The summed E-state index contributed by atoms with van der Waals surface area (Å²) >= 11 is 1.69. The number of hydrogen-bond acceptors (Lipinski definition) is 5. The van der Waals surface area contributed by atoms with Crippen LogP contribution in [0.15, 0.2) is 66.0 Å². The number of aryl methyl sites for hydroxylation is 1. The van der Waals surface area contributed by atoms with Crippen LogP contribution in [0.3, 0.4) is 0 Å². The van der Waals surface area contributed by atoms with Crippen LogP contribution in [-0.4, -0.2) is 21.7 Å². The van der Waals surface area contributed by atoms with Gasteiger partial charge in [0.05, 0.1) is 11.3 Å². The number of benzene rings is 2. The molecule has 3 rings (SSSR count). The maximum atomic E-state index is 12.6. The number of nitrogens with zero attached hydrogens (tertiary/aromatic N) is 2. The first-order valence-corrected chi connectivity index (χ1v) is 13.6. The van der Waals surface area contributed by atoms with Crippen molar-refractivity contribution in [2.24, 2.45) is 0 Å². The van der Waals surface area contributed by atoms with Crippen LogP contribution in [0.25, 0.3) is 11.3 Å². The van der Waals surface area contributed by atoms with E-state index < -0.39 is 0 Å². The fraction of sp³-hybridized carbons (Fsp3) is 0.414. The fourth-order valence-corrected chi connectivity index (χ4v) is 4.52. The molecule has 1 heterocycles. The van der Waals surface area contributed by atoms with Crippen molar-refractivity contribution >= 4 is 17.7 Å². The Morgan fingerprint density at radius 3 is 2.26 bits per heavy atom. The van der Waals surface area contributed by atoms with Crippen molar-refractivity contribution in [1.29, 1.82) is 0 Å². The summed E-state index contributed by atoms with van der Waals surface area (Å²) in [5.74, 6) is 1.22. The molecule has 0 amide bonds. The summed E-state index contributed by atoms with van der Waals surface area (Å²) in [5.41, 5.74) is 3.68. The van der Waals surface area contributed by atoms with Gasteiger partial charge in [0.2, 0.25) is 0 Å². The number of aromatic nitrogens is 2. The second-order valence-electron chi connectivity index (χ2n) is 8.56. The molecule has 0 atom stereocenters. The summed E-state index contributed by atoms with van der Waals surface area (Å²) in [4.78, 5) is 21.6. The fourth-order valence-electron chi connectivity index (χ4n) is 3.69. The van der Waals surface area contributed by atoms with E-state index in [-0.39, 0.29) is 5.97 Å². The molecular weight excluding hydrogens is 440 g/mol. The molecule has 0 aliphatic heterocycles. The van der Waals surface area contributed by atoms with Gasteiger partial charge in [-0.05, 0) is 67.3 Å². The van der Waals surface area contributed by atoms with E-state index in [1.54, 1.807) is 18.0 Å². The van der Waals surface area contributed by atoms with Crippen molar-refractivity contribution in [3.8, 4) is 17.0 Å². The van der Waals surface area contributed by atoms with Crippen molar-refractivity contribution < 1.29 is 9.53 Å². The Hall–Kier alpha value is -2.66. The summed E-state index contributed by atoms with van der Waals surface area (Å²) < 4.78 is 5.58. The number of hydrogen-bond donors (Lipinski definition) is 0. The molecule has 4 nitrogen and oxygen atoms in total. The monoisotopic (exact) mass is 476 g/mol. The van der Waals surface area contributed by atoms with E-state index in [4.69, 9.17) is 4.74 Å². The molecule has 0 N–H and O–H groups in total. The van der Waals surface area contributed by atoms with Gasteiger partial charge in [-0.25, -0.2) is 14.8 Å². The van der Waals surface area contributed by atoms with Crippen LogP contribution in [0, 0.1) is 0 Å². The average Bonchev–Trinajstić information content (AvgIpc) is 2.87. The van der Waals surface area contributed by atoms with Crippen LogP contribution in [0.2, 0.25) is 0 Å². The Labute approximate surface area is 208 Å². The molecule has 0 fully saturated rings. The van der Waals surface area contributed by atoms with Crippen molar-refractivity contribution in [2.75, 3.05) is 5.75 Å². The number of ether oxygens (including phenoxy) is 1. The molecule has 0 bridgehead atoms. The van der Waals surface area contributed by atoms with E-state index in [9.17, 15) is 4.79 Å². The van der Waals surface area contributed by atoms with E-state index in [1.807, 2.05) is 54.6 Å². The van der Waals surface area contributed by atoms with E-state index in [0.717, 1.165) is 28.6 Å². The van der Waals surface area contributed by atoms with Gasteiger partial charge in [-0.1, -0.05) is 76.3 Å². The lowest BCUT2D eigenvalue weighted by atomic mass is 10.0. The molecule has 0 radical (unpaired) electrons. The zero-order valence-corrected chi connectivity index (χ0v) is 21.3. The van der Waals surface area contributed by atoms with Gasteiger partial charge in [0.1, 0.15) is 5.75 Å². The molecule has 0 spiro atoms. The van der Waals surface area contributed by atoms with E-state index in [2.05, 4.69) is 23.8 Å². The van der Waals surface area contributed by atoms with E-state index >= 15 is 0 Å². The molecule has 0 aliphatic carbocycles. The number of unbranched alkanes of at least 4 members (excludes halogenated alkanes) is 6. The van der Waals surface area contributed by atoms with Gasteiger partial charge in [-0.15, -0.1) is 0 Å². The molecule has 3 aromatic rings. The zero-order valence-electron chi connectivity index (χ0n) is 20.5. The maximum absolute atomic E-state index is 12.6. The summed E-state index contributed by atoms with van der Waals surface area (Å²) in [6.07, 6.45) is 12.8. The SMILES string of the molecule is CCCCCCCc1ccc(C(=O)Oc2ccc(-c3ccnc(SCCCCC)n3)cc2)cc1. The van der Waals surface area contributed by atoms with Gasteiger partial charge in [0.15, 0.2) is 5.16 Å². The first kappa shape index (κ1) is 26.0. The summed E-state index contributed by atoms with van der Waals surface area (Å²) in [5, 5.41) is 0.800. The Kier molecular flexibility index (Phi) is 11.1. The minimum atomic E-state index is -0.338. The molecule has 5 heteroatoms.